The second kappa shape index (κ2) is 8.71. The van der Waals surface area contributed by atoms with Gasteiger partial charge in [0.1, 0.15) is 0 Å². The number of benzene rings is 2. The van der Waals surface area contributed by atoms with Crippen LogP contribution in [-0.4, -0.2) is 54.6 Å². The van der Waals surface area contributed by atoms with Gasteiger partial charge in [-0.05, 0) is 23.6 Å². The number of hydrogen-bond acceptors (Lipinski definition) is 5. The Bertz CT molecular complexity index is 969. The Labute approximate surface area is 169 Å². The molecule has 1 fully saturated rings. The lowest BCUT2D eigenvalue weighted by atomic mass is 9.97. The minimum atomic E-state index is -3.75. The summed E-state index contributed by atoms with van der Waals surface area (Å²) in [5, 5.41) is 10.7. The quantitative estimate of drug-likeness (QED) is 0.531. The van der Waals surface area contributed by atoms with Crippen molar-refractivity contribution < 1.29 is 18.1 Å². The maximum absolute atomic E-state index is 12.8. The molecule has 0 unspecified atom stereocenters. The minimum Gasteiger partial charge on any atom is -0.340 e. The van der Waals surface area contributed by atoms with Gasteiger partial charge in [-0.25, -0.2) is 8.42 Å². The van der Waals surface area contributed by atoms with Gasteiger partial charge < -0.3 is 4.90 Å². The van der Waals surface area contributed by atoms with Gasteiger partial charge in [0, 0.05) is 44.7 Å². The average molecular weight is 417 g/mol. The fourth-order valence-electron chi connectivity index (χ4n) is 3.36. The normalized spacial score (nSPS) is 16.4. The molecular weight excluding hydrogens is 394 g/mol. The highest BCUT2D eigenvalue weighted by Crippen LogP contribution is 2.23. The fraction of sp³-hybridized carbons (Fsp3) is 0.350. The molecule has 1 atom stereocenters. The van der Waals surface area contributed by atoms with Gasteiger partial charge in [0.15, 0.2) is 0 Å². The van der Waals surface area contributed by atoms with Gasteiger partial charge in [-0.2, -0.15) is 4.31 Å². The molecule has 9 heteroatoms. The van der Waals surface area contributed by atoms with Crippen LogP contribution in [0.15, 0.2) is 59.5 Å². The number of rotatable bonds is 6. The molecule has 1 aliphatic heterocycles. The first-order valence-corrected chi connectivity index (χ1v) is 10.8. The van der Waals surface area contributed by atoms with E-state index in [4.69, 9.17) is 0 Å². The number of carbonyl (C=O) groups is 1. The number of nitrogens with zero attached hydrogens (tertiary/aromatic N) is 3. The summed E-state index contributed by atoms with van der Waals surface area (Å²) in [7, 11) is -3.75. The summed E-state index contributed by atoms with van der Waals surface area (Å²) in [5.74, 6) is 0.0966. The minimum absolute atomic E-state index is 0.00809. The lowest BCUT2D eigenvalue weighted by Crippen LogP contribution is -2.50. The van der Waals surface area contributed by atoms with Crippen molar-refractivity contribution in [3.63, 3.8) is 0 Å². The predicted octanol–water partition coefficient (Wildman–Crippen LogP) is 2.62. The van der Waals surface area contributed by atoms with Crippen molar-refractivity contribution in [1.29, 1.82) is 0 Å². The monoisotopic (exact) mass is 417 g/mol. The molecule has 1 heterocycles. The maximum Gasteiger partial charge on any atom is 0.269 e. The van der Waals surface area contributed by atoms with Crippen LogP contribution in [0.25, 0.3) is 0 Å². The Morgan fingerprint density at radius 1 is 1.03 bits per heavy atom. The second-order valence-electron chi connectivity index (χ2n) is 7.05. The summed E-state index contributed by atoms with van der Waals surface area (Å²) in [6.07, 6.45) is 0.374. The SMILES string of the molecule is C[C@H](CC(=O)N1CCN(S(=O)(=O)c2ccc([N+](=O)[O-])cc2)CC1)c1ccccc1. The van der Waals surface area contributed by atoms with Crippen molar-refractivity contribution in [2.45, 2.75) is 24.2 Å². The third-order valence-electron chi connectivity index (χ3n) is 5.13. The molecule has 0 radical (unpaired) electrons. The molecule has 0 spiro atoms. The molecule has 1 saturated heterocycles. The highest BCUT2D eigenvalue weighted by atomic mass is 32.2. The van der Waals surface area contributed by atoms with Gasteiger partial charge in [-0.15, -0.1) is 0 Å². The first kappa shape index (κ1) is 20.9. The molecule has 0 N–H and O–H groups in total. The Morgan fingerprint density at radius 2 is 1.62 bits per heavy atom. The molecule has 3 rings (SSSR count). The molecule has 0 aromatic heterocycles. The number of sulfonamides is 1. The standard InChI is InChI=1S/C20H23N3O5S/c1-16(17-5-3-2-4-6-17)15-20(24)21-11-13-22(14-12-21)29(27,28)19-9-7-18(8-10-19)23(25)26/h2-10,16H,11-15H2,1H3/t16-/m1/s1. The molecule has 2 aromatic rings. The number of non-ortho nitro benzene ring substituents is 1. The third kappa shape index (κ3) is 4.80. The van der Waals surface area contributed by atoms with Crippen LogP contribution in [0.2, 0.25) is 0 Å². The van der Waals surface area contributed by atoms with E-state index in [9.17, 15) is 23.3 Å². The van der Waals surface area contributed by atoms with E-state index < -0.39 is 14.9 Å². The number of carbonyl (C=O) groups excluding carboxylic acids is 1. The van der Waals surface area contributed by atoms with Crippen molar-refractivity contribution in [3.8, 4) is 0 Å². The predicted molar refractivity (Wildman–Crippen MR) is 108 cm³/mol. The maximum atomic E-state index is 12.8. The average Bonchev–Trinajstić information content (AvgIpc) is 2.74. The van der Waals surface area contributed by atoms with Crippen molar-refractivity contribution >= 4 is 21.6 Å². The molecular formula is C20H23N3O5S. The summed E-state index contributed by atoms with van der Waals surface area (Å²) in [6.45, 7) is 3.05. The molecule has 1 amide bonds. The molecule has 0 bridgehead atoms. The summed E-state index contributed by atoms with van der Waals surface area (Å²) < 4.78 is 26.8. The van der Waals surface area contributed by atoms with Crippen LogP contribution < -0.4 is 0 Å². The van der Waals surface area contributed by atoms with Crippen LogP contribution in [0, 0.1) is 10.1 Å². The summed E-state index contributed by atoms with van der Waals surface area (Å²) >= 11 is 0. The van der Waals surface area contributed by atoms with E-state index in [0.717, 1.165) is 5.56 Å². The van der Waals surface area contributed by atoms with Crippen molar-refractivity contribution in [1.82, 2.24) is 9.21 Å². The Kier molecular flexibility index (Phi) is 6.29. The zero-order valence-electron chi connectivity index (χ0n) is 16.1. The first-order chi connectivity index (χ1) is 13.8. The highest BCUT2D eigenvalue weighted by Gasteiger charge is 2.30. The number of nitro groups is 1. The zero-order valence-corrected chi connectivity index (χ0v) is 16.9. The van der Waals surface area contributed by atoms with E-state index in [1.807, 2.05) is 37.3 Å². The molecule has 29 heavy (non-hydrogen) atoms. The summed E-state index contributed by atoms with van der Waals surface area (Å²) in [6, 6.07) is 14.6. The van der Waals surface area contributed by atoms with E-state index in [-0.39, 0.29) is 35.5 Å². The van der Waals surface area contributed by atoms with E-state index in [1.54, 1.807) is 4.90 Å². The molecule has 154 valence electrons. The highest BCUT2D eigenvalue weighted by molar-refractivity contribution is 7.89. The van der Waals surface area contributed by atoms with E-state index >= 15 is 0 Å². The van der Waals surface area contributed by atoms with E-state index in [2.05, 4.69) is 0 Å². The van der Waals surface area contributed by atoms with E-state index in [0.29, 0.717) is 19.5 Å². The number of amides is 1. The number of hydrogen-bond donors (Lipinski definition) is 0. The van der Waals surface area contributed by atoms with Crippen LogP contribution in [0.3, 0.4) is 0 Å². The Morgan fingerprint density at radius 3 is 2.17 bits per heavy atom. The van der Waals surface area contributed by atoms with Crippen LogP contribution in [0.1, 0.15) is 24.8 Å². The molecule has 0 aliphatic carbocycles. The Balaban J connectivity index is 1.59. The van der Waals surface area contributed by atoms with Crippen LogP contribution in [-0.2, 0) is 14.8 Å². The summed E-state index contributed by atoms with van der Waals surface area (Å²) in [5.41, 5.74) is 0.937. The number of nitro benzene ring substituents is 1. The van der Waals surface area contributed by atoms with Crippen molar-refractivity contribution in [3.05, 3.63) is 70.3 Å². The van der Waals surface area contributed by atoms with Gasteiger partial charge in [-0.3, -0.25) is 14.9 Å². The molecule has 2 aromatic carbocycles. The Hall–Kier alpha value is -2.78. The second-order valence-corrected chi connectivity index (χ2v) is 8.99. The topological polar surface area (TPSA) is 101 Å². The third-order valence-corrected chi connectivity index (χ3v) is 7.04. The molecule has 1 aliphatic rings. The van der Waals surface area contributed by atoms with Gasteiger partial charge in [-0.1, -0.05) is 37.3 Å². The van der Waals surface area contributed by atoms with Gasteiger partial charge >= 0.3 is 0 Å². The molecule has 8 nitrogen and oxygen atoms in total. The zero-order chi connectivity index (χ0) is 21.0. The number of piperazine rings is 1. The van der Waals surface area contributed by atoms with E-state index in [1.165, 1.54) is 28.6 Å². The van der Waals surface area contributed by atoms with Crippen LogP contribution in [0.5, 0.6) is 0 Å². The van der Waals surface area contributed by atoms with Gasteiger partial charge in [0.2, 0.25) is 15.9 Å². The summed E-state index contributed by atoms with van der Waals surface area (Å²) in [4.78, 5) is 24.5. The lowest BCUT2D eigenvalue weighted by molar-refractivity contribution is -0.384. The smallest absolute Gasteiger partial charge is 0.269 e. The van der Waals surface area contributed by atoms with Crippen LogP contribution >= 0.6 is 0 Å². The lowest BCUT2D eigenvalue weighted by Gasteiger charge is -2.34. The van der Waals surface area contributed by atoms with Crippen molar-refractivity contribution in [2.24, 2.45) is 0 Å². The van der Waals surface area contributed by atoms with Crippen molar-refractivity contribution in [2.75, 3.05) is 26.2 Å². The first-order valence-electron chi connectivity index (χ1n) is 9.36. The molecule has 0 saturated carbocycles. The van der Waals surface area contributed by atoms with Gasteiger partial charge in [0.05, 0.1) is 9.82 Å². The van der Waals surface area contributed by atoms with Gasteiger partial charge in [0.25, 0.3) is 5.69 Å². The fourth-order valence-corrected chi connectivity index (χ4v) is 4.78. The largest absolute Gasteiger partial charge is 0.340 e. The van der Waals surface area contributed by atoms with Crippen LogP contribution in [0.4, 0.5) is 5.69 Å².